The van der Waals surface area contributed by atoms with Crippen molar-refractivity contribution < 1.29 is 59.6 Å². The second-order valence-corrected chi connectivity index (χ2v) is 14.9. The molecule has 0 bridgehead atoms. The second-order valence-electron chi connectivity index (χ2n) is 14.9. The minimum Gasteiger partial charge on any atom is -0.508 e. The lowest BCUT2D eigenvalue weighted by molar-refractivity contribution is -0.793. The van der Waals surface area contributed by atoms with E-state index in [1.165, 1.54) is 36.4 Å². The normalized spacial score (nSPS) is 22.9. The Kier molecular flexibility index (Phi) is 9.91. The van der Waals surface area contributed by atoms with Gasteiger partial charge in [-0.15, -0.1) is 0 Å². The summed E-state index contributed by atoms with van der Waals surface area (Å²) in [6, 6.07) is 10.3. The molecule has 8 N–H and O–H groups in total. The molecule has 0 aliphatic carbocycles. The first-order chi connectivity index (χ1) is 25.7. The van der Waals surface area contributed by atoms with Gasteiger partial charge in [-0.25, -0.2) is 9.78 Å². The number of phenols is 2. The number of quaternary nitrogens is 1. The number of hydrogen-bond donors (Lipinski definition) is 8. The van der Waals surface area contributed by atoms with Crippen LogP contribution in [0.5, 0.6) is 17.2 Å². The fraction of sp³-hybridized carbons (Fsp3) is 0.400. The van der Waals surface area contributed by atoms with Gasteiger partial charge < -0.3 is 44.9 Å². The third kappa shape index (κ3) is 6.58. The monoisotopic (exact) mass is 745 g/mol. The molecule has 0 spiro atoms. The molecule has 54 heavy (non-hydrogen) atoms. The molecule has 286 valence electrons. The number of aliphatic hydroxyl groups excluding tert-OH is 4. The van der Waals surface area contributed by atoms with Crippen LogP contribution in [0.2, 0.25) is 0 Å². The Bertz CT molecular complexity index is 2260. The van der Waals surface area contributed by atoms with Gasteiger partial charge in [-0.05, 0) is 68.1 Å². The maximum atomic E-state index is 13.4. The topological polar surface area (TPSA) is 216 Å². The molecule has 3 aromatic carbocycles. The minimum absolute atomic E-state index is 0.00879. The van der Waals surface area contributed by atoms with Gasteiger partial charge >= 0.3 is 0 Å². The molecular formula is C40H45N2O12+. The Morgan fingerprint density at radius 2 is 1.85 bits per heavy atom. The number of rotatable bonds is 12. The first-order valence-electron chi connectivity index (χ1n) is 17.9. The van der Waals surface area contributed by atoms with E-state index >= 15 is 0 Å². The van der Waals surface area contributed by atoms with Gasteiger partial charge in [-0.2, -0.15) is 0 Å². The van der Waals surface area contributed by atoms with Gasteiger partial charge in [0, 0.05) is 48.1 Å². The fourth-order valence-corrected chi connectivity index (χ4v) is 7.73. The predicted molar refractivity (Wildman–Crippen MR) is 197 cm³/mol. The maximum Gasteiger partial charge on any atom is 0.222 e. The lowest BCUT2D eigenvalue weighted by atomic mass is 9.84. The molecule has 14 nitrogen and oxygen atoms in total. The van der Waals surface area contributed by atoms with Crippen molar-refractivity contribution in [1.29, 1.82) is 0 Å². The van der Waals surface area contributed by atoms with Crippen LogP contribution in [0, 0.1) is 6.92 Å². The van der Waals surface area contributed by atoms with Crippen molar-refractivity contribution in [1.82, 2.24) is 0 Å². The molecule has 7 atom stereocenters. The van der Waals surface area contributed by atoms with Crippen LogP contribution in [0.25, 0.3) is 21.7 Å². The highest BCUT2D eigenvalue weighted by molar-refractivity contribution is 5.92. The summed E-state index contributed by atoms with van der Waals surface area (Å²) in [7, 11) is 0. The maximum absolute atomic E-state index is 13.4. The van der Waals surface area contributed by atoms with Crippen molar-refractivity contribution in [3.8, 4) is 17.2 Å². The van der Waals surface area contributed by atoms with Crippen molar-refractivity contribution in [2.45, 2.75) is 88.6 Å². The number of benzene rings is 3. The predicted octanol–water partition coefficient (Wildman–Crippen LogP) is 1.91. The molecule has 4 aromatic rings. The number of aliphatic imine (C=N–C) groups is 1. The average molecular weight is 746 g/mol. The van der Waals surface area contributed by atoms with Crippen molar-refractivity contribution in [2.75, 3.05) is 13.2 Å². The molecule has 3 aliphatic heterocycles. The third-order valence-electron chi connectivity index (χ3n) is 10.7. The average Bonchev–Trinajstić information content (AvgIpc) is 3.73. The summed E-state index contributed by atoms with van der Waals surface area (Å²) in [6.07, 6.45) is -0.345. The molecule has 1 aromatic heterocycles. The molecule has 0 saturated carbocycles. The van der Waals surface area contributed by atoms with Crippen LogP contribution in [0.1, 0.15) is 44.1 Å². The number of aliphatic hydroxyl groups is 5. The first kappa shape index (κ1) is 37.7. The quantitative estimate of drug-likeness (QED) is 0.0771. The van der Waals surface area contributed by atoms with Crippen molar-refractivity contribution in [3.05, 3.63) is 93.1 Å². The number of nitrogens with one attached hydrogen (secondary N) is 1. The lowest BCUT2D eigenvalue weighted by Crippen LogP contribution is -3.05. The van der Waals surface area contributed by atoms with E-state index in [0.29, 0.717) is 50.1 Å². The standard InChI is InChI=1S/C40H44N2O12/c1-5-29-25-10-11-41-28(25)17-42(29)34-36-22(13-27-31(46)12-20(2)52-37(27)34)14-33(39(3,4)53-36)54-51-19-40(50,38(49)35(48)32(47)18-43)16-21-6-9-30(45)24-8-7-23(44)15-26(21)24/h6-13,15,17,29,32-33,35,38,43-45,47-50H,5,14,16,18-19H2,1-4H3/p+1/t29?,32-,33-,35-,38+,40+/m1/s1. The summed E-state index contributed by atoms with van der Waals surface area (Å²) >= 11 is 0. The van der Waals surface area contributed by atoms with Crippen molar-refractivity contribution in [2.24, 2.45) is 4.99 Å². The number of hydrogen-bond acceptors (Lipinski definition) is 13. The number of allylic oxidation sites excluding steroid dienone is 1. The summed E-state index contributed by atoms with van der Waals surface area (Å²) in [5, 5.41) is 75.3. The van der Waals surface area contributed by atoms with Crippen molar-refractivity contribution in [3.63, 3.8) is 0 Å². The molecule has 3 aliphatic rings. The minimum atomic E-state index is -2.35. The summed E-state index contributed by atoms with van der Waals surface area (Å²) in [4.78, 5) is 30.5. The molecule has 4 heterocycles. The van der Waals surface area contributed by atoms with Crippen LogP contribution in [0.3, 0.4) is 0 Å². The highest BCUT2D eigenvalue weighted by Gasteiger charge is 2.48. The third-order valence-corrected chi connectivity index (χ3v) is 10.7. The zero-order chi connectivity index (χ0) is 38.7. The van der Waals surface area contributed by atoms with Crippen molar-refractivity contribution >= 4 is 33.6 Å². The van der Waals surface area contributed by atoms with Crippen LogP contribution < -0.4 is 15.1 Å². The number of ether oxygens (including phenoxy) is 1. The van der Waals surface area contributed by atoms with Gasteiger partial charge in [0.15, 0.2) is 11.2 Å². The van der Waals surface area contributed by atoms with E-state index in [2.05, 4.69) is 11.9 Å². The van der Waals surface area contributed by atoms with Crippen LogP contribution in [-0.2, 0) is 22.6 Å². The highest BCUT2D eigenvalue weighted by Crippen LogP contribution is 2.44. The Morgan fingerprint density at radius 3 is 2.59 bits per heavy atom. The first-order valence-corrected chi connectivity index (χ1v) is 17.9. The van der Waals surface area contributed by atoms with Crippen LogP contribution >= 0.6 is 0 Å². The SMILES string of the molecule is CCC1C2=CC=NC2=C[NH+]1c1c2c(cc3c(=O)cc(C)oc13)C[C@@H](OOC[C@@](O)(Cc1ccc(O)c3ccc(O)cc13)[C@@H](O)[C@H](O)[C@H](O)CO)C(C)(C)O2. The molecular weight excluding hydrogens is 700 g/mol. The summed E-state index contributed by atoms with van der Waals surface area (Å²) in [5.74, 6) is 0.794. The number of fused-ring (bicyclic) bond motifs is 4. The van der Waals surface area contributed by atoms with E-state index in [-0.39, 0.29) is 29.4 Å². The fourth-order valence-electron chi connectivity index (χ4n) is 7.73. The van der Waals surface area contributed by atoms with Crippen LogP contribution in [0.15, 0.2) is 80.2 Å². The number of aromatic hydroxyl groups is 2. The Labute approximate surface area is 310 Å². The van der Waals surface area contributed by atoms with E-state index in [4.69, 9.17) is 18.9 Å². The largest absolute Gasteiger partial charge is 0.508 e. The molecule has 0 radical (unpaired) electrons. The van der Waals surface area contributed by atoms with Crippen LogP contribution in [-0.4, -0.2) is 96.8 Å². The molecule has 0 amide bonds. The van der Waals surface area contributed by atoms with Gasteiger partial charge in [-0.1, -0.05) is 13.0 Å². The smallest absolute Gasteiger partial charge is 0.222 e. The van der Waals surface area contributed by atoms with E-state index in [9.17, 15) is 40.5 Å². The zero-order valence-electron chi connectivity index (χ0n) is 30.3. The molecule has 2 unspecified atom stereocenters. The van der Waals surface area contributed by atoms with E-state index in [1.54, 1.807) is 33.1 Å². The van der Waals surface area contributed by atoms with Gasteiger partial charge in [0.05, 0.1) is 12.0 Å². The Balaban J connectivity index is 1.21. The van der Waals surface area contributed by atoms with E-state index < -0.39 is 55.3 Å². The molecule has 7 rings (SSSR count). The van der Waals surface area contributed by atoms with Crippen LogP contribution in [0.4, 0.5) is 5.69 Å². The summed E-state index contributed by atoms with van der Waals surface area (Å²) < 4.78 is 13.0. The Hall–Kier alpha value is -4.64. The molecule has 0 fully saturated rings. The van der Waals surface area contributed by atoms with Gasteiger partial charge in [0.25, 0.3) is 0 Å². The highest BCUT2D eigenvalue weighted by atomic mass is 17.2. The molecule has 14 heteroatoms. The second kappa shape index (κ2) is 14.2. The summed E-state index contributed by atoms with van der Waals surface area (Å²) in [5.41, 5.74) is 0.407. The van der Waals surface area contributed by atoms with E-state index in [1.807, 2.05) is 12.3 Å². The van der Waals surface area contributed by atoms with Gasteiger partial charge in [0.1, 0.15) is 77.4 Å². The van der Waals surface area contributed by atoms with Gasteiger partial charge in [0.2, 0.25) is 11.3 Å². The summed E-state index contributed by atoms with van der Waals surface area (Å²) in [6.45, 7) is 5.78. The van der Waals surface area contributed by atoms with E-state index in [0.717, 1.165) is 22.6 Å². The molecule has 0 saturated heterocycles. The van der Waals surface area contributed by atoms with Gasteiger partial charge in [-0.3, -0.25) is 14.7 Å². The zero-order valence-corrected chi connectivity index (χ0v) is 30.3. The Morgan fingerprint density at radius 1 is 1.07 bits per heavy atom. The number of aryl methyl sites for hydroxylation is 1. The number of nitrogens with zero attached hydrogens (tertiary/aromatic N) is 1. The number of phenolic OH excluding ortho intramolecular Hbond substituents is 2. The lowest BCUT2D eigenvalue weighted by Gasteiger charge is -2.41.